The standard InChI is InChI=1S/C24H25N5O2S/c1-3-17(2)25-23(30)20-15-31-22(26-20)16-32-24-28-27-21(14-18-10-6-4-7-11-18)29(24)19-12-8-5-9-13-19/h4-13,15,17H,3,14,16H2,1-2H3,(H,25,30). The zero-order chi connectivity index (χ0) is 22.3. The van der Waals surface area contributed by atoms with Gasteiger partial charge in [-0.2, -0.15) is 0 Å². The van der Waals surface area contributed by atoms with Gasteiger partial charge in [0, 0.05) is 18.2 Å². The molecule has 1 unspecified atom stereocenters. The van der Waals surface area contributed by atoms with Gasteiger partial charge in [0.05, 0.1) is 5.75 Å². The SMILES string of the molecule is CCC(C)NC(=O)c1coc(CSc2nnc(Cc3ccccc3)n2-c2ccccc2)n1. The number of nitrogens with zero attached hydrogens (tertiary/aromatic N) is 4. The molecular weight excluding hydrogens is 422 g/mol. The summed E-state index contributed by atoms with van der Waals surface area (Å²) in [7, 11) is 0. The van der Waals surface area contributed by atoms with Crippen molar-refractivity contribution in [3.05, 3.63) is 89.9 Å². The number of nitrogens with one attached hydrogen (secondary N) is 1. The van der Waals surface area contributed by atoms with E-state index in [1.54, 1.807) is 0 Å². The summed E-state index contributed by atoms with van der Waals surface area (Å²) in [6.45, 7) is 3.98. The summed E-state index contributed by atoms with van der Waals surface area (Å²) < 4.78 is 7.57. The molecule has 164 valence electrons. The Morgan fingerprint density at radius 1 is 1.09 bits per heavy atom. The maximum atomic E-state index is 12.3. The highest BCUT2D eigenvalue weighted by molar-refractivity contribution is 7.98. The molecule has 4 aromatic rings. The van der Waals surface area contributed by atoms with E-state index in [1.807, 2.05) is 62.4 Å². The van der Waals surface area contributed by atoms with Crippen LogP contribution in [-0.2, 0) is 12.2 Å². The largest absolute Gasteiger partial charge is 0.447 e. The lowest BCUT2D eigenvalue weighted by Gasteiger charge is -2.10. The molecule has 4 rings (SSSR count). The van der Waals surface area contributed by atoms with Gasteiger partial charge in [0.1, 0.15) is 12.1 Å². The maximum absolute atomic E-state index is 12.3. The molecule has 32 heavy (non-hydrogen) atoms. The molecular formula is C24H25N5O2S. The second-order valence-electron chi connectivity index (χ2n) is 7.43. The highest BCUT2D eigenvalue weighted by atomic mass is 32.2. The van der Waals surface area contributed by atoms with Crippen LogP contribution in [0.2, 0.25) is 0 Å². The summed E-state index contributed by atoms with van der Waals surface area (Å²) in [6, 6.07) is 20.3. The Bertz CT molecular complexity index is 1160. The molecule has 1 N–H and O–H groups in total. The van der Waals surface area contributed by atoms with Crippen molar-refractivity contribution in [1.29, 1.82) is 0 Å². The van der Waals surface area contributed by atoms with E-state index >= 15 is 0 Å². The summed E-state index contributed by atoms with van der Waals surface area (Å²) in [6.07, 6.45) is 2.92. The van der Waals surface area contributed by atoms with Crippen molar-refractivity contribution >= 4 is 17.7 Å². The molecule has 0 spiro atoms. The Morgan fingerprint density at radius 2 is 1.81 bits per heavy atom. The van der Waals surface area contributed by atoms with Crippen molar-refractivity contribution in [2.24, 2.45) is 0 Å². The van der Waals surface area contributed by atoms with Gasteiger partial charge >= 0.3 is 0 Å². The Labute approximate surface area is 191 Å². The van der Waals surface area contributed by atoms with Crippen LogP contribution in [-0.4, -0.2) is 31.7 Å². The number of thioether (sulfide) groups is 1. The predicted molar refractivity (Wildman–Crippen MR) is 124 cm³/mol. The van der Waals surface area contributed by atoms with Gasteiger partial charge in [-0.25, -0.2) is 4.98 Å². The molecule has 0 fully saturated rings. The molecule has 2 aromatic heterocycles. The van der Waals surface area contributed by atoms with Gasteiger partial charge in [-0.15, -0.1) is 10.2 Å². The van der Waals surface area contributed by atoms with E-state index in [2.05, 4.69) is 37.2 Å². The molecule has 0 bridgehead atoms. The molecule has 1 atom stereocenters. The molecule has 1 amide bonds. The molecule has 0 aliphatic rings. The summed E-state index contributed by atoms with van der Waals surface area (Å²) in [5.41, 5.74) is 2.44. The normalized spacial score (nSPS) is 11.9. The van der Waals surface area contributed by atoms with Crippen molar-refractivity contribution in [2.75, 3.05) is 0 Å². The number of benzene rings is 2. The van der Waals surface area contributed by atoms with Crippen LogP contribution in [0.5, 0.6) is 0 Å². The topological polar surface area (TPSA) is 85.8 Å². The number of amides is 1. The molecule has 2 aromatic carbocycles. The highest BCUT2D eigenvalue weighted by Gasteiger charge is 2.18. The van der Waals surface area contributed by atoms with E-state index in [4.69, 9.17) is 4.42 Å². The lowest BCUT2D eigenvalue weighted by atomic mass is 10.1. The first kappa shape index (κ1) is 21.8. The second kappa shape index (κ2) is 10.3. The predicted octanol–water partition coefficient (Wildman–Crippen LogP) is 4.67. The number of carbonyl (C=O) groups excluding carboxylic acids is 1. The summed E-state index contributed by atoms with van der Waals surface area (Å²) in [4.78, 5) is 16.6. The third kappa shape index (κ3) is 5.26. The molecule has 0 saturated carbocycles. The van der Waals surface area contributed by atoms with Crippen molar-refractivity contribution in [3.63, 3.8) is 0 Å². The molecule has 2 heterocycles. The van der Waals surface area contributed by atoms with E-state index in [-0.39, 0.29) is 17.6 Å². The first-order chi connectivity index (χ1) is 15.6. The smallest absolute Gasteiger partial charge is 0.273 e. The fourth-order valence-corrected chi connectivity index (χ4v) is 3.95. The highest BCUT2D eigenvalue weighted by Crippen LogP contribution is 2.26. The van der Waals surface area contributed by atoms with Gasteiger partial charge in [-0.05, 0) is 31.0 Å². The van der Waals surface area contributed by atoms with Crippen LogP contribution in [0.3, 0.4) is 0 Å². The minimum Gasteiger partial charge on any atom is -0.447 e. The van der Waals surface area contributed by atoms with Crippen molar-refractivity contribution in [3.8, 4) is 5.69 Å². The monoisotopic (exact) mass is 447 g/mol. The number of hydrogen-bond donors (Lipinski definition) is 1. The lowest BCUT2D eigenvalue weighted by Crippen LogP contribution is -2.32. The molecule has 8 heteroatoms. The number of rotatable bonds is 9. The fraction of sp³-hybridized carbons (Fsp3) is 0.250. The number of para-hydroxylation sites is 1. The Morgan fingerprint density at radius 3 is 2.53 bits per heavy atom. The van der Waals surface area contributed by atoms with Crippen LogP contribution in [0, 0.1) is 0 Å². The third-order valence-electron chi connectivity index (χ3n) is 5.02. The molecule has 0 saturated heterocycles. The van der Waals surface area contributed by atoms with Crippen LogP contribution in [0.1, 0.15) is 48.0 Å². The average Bonchev–Trinajstić information content (AvgIpc) is 3.46. The Kier molecular flexibility index (Phi) is 7.01. The number of aromatic nitrogens is 4. The van der Waals surface area contributed by atoms with E-state index in [1.165, 1.54) is 23.6 Å². The van der Waals surface area contributed by atoms with Crippen molar-refractivity contribution in [1.82, 2.24) is 25.1 Å². The van der Waals surface area contributed by atoms with Crippen LogP contribution < -0.4 is 5.32 Å². The van der Waals surface area contributed by atoms with Crippen LogP contribution in [0.15, 0.2) is 76.5 Å². The number of oxazole rings is 1. The van der Waals surface area contributed by atoms with Crippen LogP contribution in [0.25, 0.3) is 5.69 Å². The van der Waals surface area contributed by atoms with Gasteiger partial charge in [0.15, 0.2) is 10.9 Å². The summed E-state index contributed by atoms with van der Waals surface area (Å²) in [5, 5.41) is 12.5. The van der Waals surface area contributed by atoms with Gasteiger partial charge in [0.2, 0.25) is 5.89 Å². The Hall–Kier alpha value is -3.39. The van der Waals surface area contributed by atoms with Crippen LogP contribution in [0.4, 0.5) is 0 Å². The third-order valence-corrected chi connectivity index (χ3v) is 5.93. The van der Waals surface area contributed by atoms with E-state index in [0.29, 0.717) is 18.1 Å². The van der Waals surface area contributed by atoms with Gasteiger partial charge < -0.3 is 9.73 Å². The lowest BCUT2D eigenvalue weighted by molar-refractivity contribution is 0.0934. The first-order valence-corrected chi connectivity index (χ1v) is 11.5. The Balaban J connectivity index is 1.52. The summed E-state index contributed by atoms with van der Waals surface area (Å²) in [5.74, 6) is 1.53. The zero-order valence-corrected chi connectivity index (χ0v) is 18.9. The molecule has 0 radical (unpaired) electrons. The van der Waals surface area contributed by atoms with E-state index in [0.717, 1.165) is 23.1 Å². The quantitative estimate of drug-likeness (QED) is 0.375. The first-order valence-electron chi connectivity index (χ1n) is 10.6. The maximum Gasteiger partial charge on any atom is 0.273 e. The van der Waals surface area contributed by atoms with E-state index < -0.39 is 0 Å². The zero-order valence-electron chi connectivity index (χ0n) is 18.1. The van der Waals surface area contributed by atoms with Gasteiger partial charge in [-0.1, -0.05) is 67.2 Å². The van der Waals surface area contributed by atoms with Crippen molar-refractivity contribution < 1.29 is 9.21 Å². The number of hydrogen-bond acceptors (Lipinski definition) is 6. The molecule has 0 aliphatic carbocycles. The van der Waals surface area contributed by atoms with Gasteiger partial charge in [-0.3, -0.25) is 9.36 Å². The van der Waals surface area contributed by atoms with Gasteiger partial charge in [0.25, 0.3) is 5.91 Å². The fourth-order valence-electron chi connectivity index (χ4n) is 3.13. The molecule has 7 nitrogen and oxygen atoms in total. The average molecular weight is 448 g/mol. The second-order valence-corrected chi connectivity index (χ2v) is 8.37. The van der Waals surface area contributed by atoms with Crippen molar-refractivity contribution in [2.45, 2.75) is 43.6 Å². The minimum atomic E-state index is -0.225. The molecule has 0 aliphatic heterocycles. The van der Waals surface area contributed by atoms with E-state index in [9.17, 15) is 4.79 Å². The number of carbonyl (C=O) groups is 1. The minimum absolute atomic E-state index is 0.0875. The van der Waals surface area contributed by atoms with Crippen LogP contribution >= 0.6 is 11.8 Å². The summed E-state index contributed by atoms with van der Waals surface area (Å²) >= 11 is 1.47.